The van der Waals surface area contributed by atoms with Gasteiger partial charge in [-0.1, -0.05) is 12.1 Å². The van der Waals surface area contributed by atoms with Crippen LogP contribution in [0.15, 0.2) is 53.6 Å². The number of hydrogen-bond acceptors (Lipinski definition) is 4. The summed E-state index contributed by atoms with van der Waals surface area (Å²) in [6.45, 7) is 3.50. The summed E-state index contributed by atoms with van der Waals surface area (Å²) in [5.41, 5.74) is 0.801. The Hall–Kier alpha value is -3.06. The summed E-state index contributed by atoms with van der Waals surface area (Å²) in [5, 5.41) is 0.194. The number of nitrogens with one attached hydrogen (secondary N) is 1. The van der Waals surface area contributed by atoms with E-state index in [9.17, 15) is 14.0 Å². The largest absolute Gasteiger partial charge is 0.358 e. The summed E-state index contributed by atoms with van der Waals surface area (Å²) in [6.07, 6.45) is 3.98. The second kappa shape index (κ2) is 7.90. The van der Waals surface area contributed by atoms with Gasteiger partial charge < -0.3 is 9.88 Å². The SMILES string of the molecule is O=C(c1c[nH]c2c(F)cccc2c1=O)N1CCN(CCc2ccccn2)CC1. The number of amides is 1. The van der Waals surface area contributed by atoms with Gasteiger partial charge in [0.05, 0.1) is 5.52 Å². The number of carbonyl (C=O) groups is 1. The minimum absolute atomic E-state index is 0.0556. The maximum Gasteiger partial charge on any atom is 0.259 e. The molecular formula is C21H21FN4O2. The molecule has 7 heteroatoms. The van der Waals surface area contributed by atoms with Gasteiger partial charge in [0.25, 0.3) is 5.91 Å². The van der Waals surface area contributed by atoms with Crippen LogP contribution < -0.4 is 5.43 Å². The molecule has 0 spiro atoms. The quantitative estimate of drug-likeness (QED) is 0.752. The van der Waals surface area contributed by atoms with Crippen molar-refractivity contribution in [1.82, 2.24) is 19.8 Å². The number of aromatic amines is 1. The van der Waals surface area contributed by atoms with E-state index in [4.69, 9.17) is 0 Å². The van der Waals surface area contributed by atoms with Crippen LogP contribution in [-0.4, -0.2) is 58.4 Å². The average molecular weight is 380 g/mol. The lowest BCUT2D eigenvalue weighted by Crippen LogP contribution is -2.49. The highest BCUT2D eigenvalue weighted by atomic mass is 19.1. The number of rotatable bonds is 4. The molecule has 2 aromatic heterocycles. The number of benzene rings is 1. The fraction of sp³-hybridized carbons (Fsp3) is 0.286. The zero-order chi connectivity index (χ0) is 19.5. The van der Waals surface area contributed by atoms with E-state index in [0.717, 1.165) is 31.7 Å². The Labute approximate surface area is 161 Å². The normalized spacial score (nSPS) is 15.1. The third kappa shape index (κ3) is 3.66. The molecule has 1 aliphatic heterocycles. The van der Waals surface area contributed by atoms with Gasteiger partial charge in [-0.05, 0) is 24.3 Å². The molecule has 6 nitrogen and oxygen atoms in total. The Morgan fingerprint density at radius 2 is 1.93 bits per heavy atom. The van der Waals surface area contributed by atoms with Crippen LogP contribution in [0.3, 0.4) is 0 Å². The highest BCUT2D eigenvalue weighted by Gasteiger charge is 2.24. The first-order chi connectivity index (χ1) is 13.6. The summed E-state index contributed by atoms with van der Waals surface area (Å²) in [7, 11) is 0. The molecule has 0 radical (unpaired) electrons. The van der Waals surface area contributed by atoms with Gasteiger partial charge in [-0.25, -0.2) is 4.39 Å². The molecule has 1 amide bonds. The van der Waals surface area contributed by atoms with Crippen molar-refractivity contribution in [1.29, 1.82) is 0 Å². The smallest absolute Gasteiger partial charge is 0.259 e. The number of aromatic nitrogens is 2. The second-order valence-corrected chi connectivity index (χ2v) is 6.90. The van der Waals surface area contributed by atoms with E-state index in [1.54, 1.807) is 11.1 Å². The van der Waals surface area contributed by atoms with Crippen molar-refractivity contribution in [3.8, 4) is 0 Å². The highest BCUT2D eigenvalue weighted by Crippen LogP contribution is 2.14. The maximum absolute atomic E-state index is 13.8. The first-order valence-corrected chi connectivity index (χ1v) is 9.35. The van der Waals surface area contributed by atoms with Gasteiger partial charge in [0.15, 0.2) is 0 Å². The summed E-state index contributed by atoms with van der Waals surface area (Å²) >= 11 is 0. The number of para-hydroxylation sites is 1. The Morgan fingerprint density at radius 3 is 2.68 bits per heavy atom. The molecule has 28 heavy (non-hydrogen) atoms. The number of carbonyl (C=O) groups excluding carboxylic acids is 1. The van der Waals surface area contributed by atoms with Gasteiger partial charge in [0.2, 0.25) is 5.43 Å². The number of H-pyrrole nitrogens is 1. The van der Waals surface area contributed by atoms with Gasteiger partial charge in [-0.2, -0.15) is 0 Å². The van der Waals surface area contributed by atoms with Crippen molar-refractivity contribution in [3.63, 3.8) is 0 Å². The number of pyridine rings is 2. The van der Waals surface area contributed by atoms with Crippen molar-refractivity contribution in [2.75, 3.05) is 32.7 Å². The van der Waals surface area contributed by atoms with Crippen LogP contribution in [0.25, 0.3) is 10.9 Å². The summed E-state index contributed by atoms with van der Waals surface area (Å²) < 4.78 is 13.8. The molecule has 0 aliphatic carbocycles. The van der Waals surface area contributed by atoms with Crippen LogP contribution in [0.2, 0.25) is 0 Å². The first-order valence-electron chi connectivity index (χ1n) is 9.35. The molecule has 0 unspecified atom stereocenters. The van der Waals surface area contributed by atoms with Crippen LogP contribution in [0.1, 0.15) is 16.1 Å². The van der Waals surface area contributed by atoms with Gasteiger partial charge in [0.1, 0.15) is 11.4 Å². The minimum Gasteiger partial charge on any atom is -0.358 e. The average Bonchev–Trinajstić information content (AvgIpc) is 2.74. The van der Waals surface area contributed by atoms with Crippen molar-refractivity contribution in [2.24, 2.45) is 0 Å². The van der Waals surface area contributed by atoms with E-state index < -0.39 is 11.2 Å². The lowest BCUT2D eigenvalue weighted by atomic mass is 10.1. The highest BCUT2D eigenvalue weighted by molar-refractivity contribution is 5.97. The molecule has 3 heterocycles. The summed E-state index contributed by atoms with van der Waals surface area (Å²) in [6, 6.07) is 10.2. The Balaban J connectivity index is 1.41. The van der Waals surface area contributed by atoms with Gasteiger partial charge in [-0.15, -0.1) is 0 Å². The molecular weight excluding hydrogens is 359 g/mol. The number of halogens is 1. The van der Waals surface area contributed by atoms with Gasteiger partial charge in [0, 0.05) is 62.6 Å². The van der Waals surface area contributed by atoms with E-state index >= 15 is 0 Å². The van der Waals surface area contributed by atoms with Crippen LogP contribution >= 0.6 is 0 Å². The molecule has 3 aromatic rings. The third-order valence-electron chi connectivity index (χ3n) is 5.16. The topological polar surface area (TPSA) is 69.3 Å². The molecule has 1 N–H and O–H groups in total. The van der Waals surface area contributed by atoms with E-state index in [2.05, 4.69) is 14.9 Å². The van der Waals surface area contributed by atoms with Crippen LogP contribution in [-0.2, 0) is 6.42 Å². The fourth-order valence-corrected chi connectivity index (χ4v) is 3.54. The summed E-state index contributed by atoms with van der Waals surface area (Å²) in [5.74, 6) is -0.813. The lowest BCUT2D eigenvalue weighted by Gasteiger charge is -2.34. The first kappa shape index (κ1) is 18.3. The molecule has 1 fully saturated rings. The number of nitrogens with zero attached hydrogens (tertiary/aromatic N) is 3. The number of fused-ring (bicyclic) bond motifs is 1. The predicted octanol–water partition coefficient (Wildman–Crippen LogP) is 2.06. The van der Waals surface area contributed by atoms with E-state index in [1.807, 2.05) is 18.2 Å². The van der Waals surface area contributed by atoms with E-state index in [1.165, 1.54) is 24.4 Å². The zero-order valence-corrected chi connectivity index (χ0v) is 15.4. The monoisotopic (exact) mass is 380 g/mol. The van der Waals surface area contributed by atoms with E-state index in [0.29, 0.717) is 13.1 Å². The molecule has 1 aliphatic rings. The second-order valence-electron chi connectivity index (χ2n) is 6.90. The zero-order valence-electron chi connectivity index (χ0n) is 15.4. The van der Waals surface area contributed by atoms with Gasteiger partial charge in [-0.3, -0.25) is 19.5 Å². The molecule has 144 valence electrons. The van der Waals surface area contributed by atoms with Crippen molar-refractivity contribution < 1.29 is 9.18 Å². The van der Waals surface area contributed by atoms with Crippen molar-refractivity contribution >= 4 is 16.8 Å². The molecule has 0 saturated carbocycles. The molecule has 1 aromatic carbocycles. The van der Waals surface area contributed by atoms with E-state index in [-0.39, 0.29) is 22.4 Å². The van der Waals surface area contributed by atoms with Crippen molar-refractivity contribution in [3.05, 3.63) is 76.1 Å². The molecule has 0 atom stereocenters. The Morgan fingerprint density at radius 1 is 1.11 bits per heavy atom. The van der Waals surface area contributed by atoms with Crippen LogP contribution in [0, 0.1) is 5.82 Å². The number of hydrogen-bond donors (Lipinski definition) is 1. The van der Waals surface area contributed by atoms with Crippen molar-refractivity contribution in [2.45, 2.75) is 6.42 Å². The van der Waals surface area contributed by atoms with Crippen LogP contribution in [0.5, 0.6) is 0 Å². The standard InChI is InChI=1S/C21H21FN4O2/c22-18-6-3-5-16-19(18)24-14-17(20(16)27)21(28)26-12-10-25(11-13-26)9-7-15-4-1-2-8-23-15/h1-6,8,14H,7,9-13H2,(H,24,27). The minimum atomic E-state index is -0.505. The predicted molar refractivity (Wildman–Crippen MR) is 105 cm³/mol. The lowest BCUT2D eigenvalue weighted by molar-refractivity contribution is 0.0637. The summed E-state index contributed by atoms with van der Waals surface area (Å²) in [4.78, 5) is 36.5. The fourth-order valence-electron chi connectivity index (χ4n) is 3.54. The Bertz CT molecular complexity index is 1040. The Kier molecular flexibility index (Phi) is 5.16. The number of piperazine rings is 1. The molecule has 1 saturated heterocycles. The van der Waals surface area contributed by atoms with Crippen LogP contribution in [0.4, 0.5) is 4.39 Å². The maximum atomic E-state index is 13.8. The molecule has 4 rings (SSSR count). The van der Waals surface area contributed by atoms with Gasteiger partial charge >= 0.3 is 0 Å². The molecule has 0 bridgehead atoms. The third-order valence-corrected chi connectivity index (χ3v) is 5.16.